The van der Waals surface area contributed by atoms with Gasteiger partial charge in [-0.25, -0.2) is 13.4 Å². The molecule has 0 radical (unpaired) electrons. The summed E-state index contributed by atoms with van der Waals surface area (Å²) in [4.78, 5) is 16.8. The molecule has 4 rings (SSSR count). The van der Waals surface area contributed by atoms with Crippen molar-refractivity contribution in [1.29, 1.82) is 0 Å². The summed E-state index contributed by atoms with van der Waals surface area (Å²) < 4.78 is 29.4. The molecule has 0 saturated heterocycles. The zero-order chi connectivity index (χ0) is 24.1. The van der Waals surface area contributed by atoms with E-state index in [0.29, 0.717) is 12.2 Å². The second-order valence-electron chi connectivity index (χ2n) is 8.07. The molecular weight excluding hydrogens is 448 g/mol. The highest BCUT2D eigenvalue weighted by Crippen LogP contribution is 2.23. The van der Waals surface area contributed by atoms with E-state index in [2.05, 4.69) is 10.3 Å². The van der Waals surface area contributed by atoms with Crippen LogP contribution in [0, 0.1) is 6.92 Å². The number of hydrogen-bond acceptors (Lipinski definition) is 4. The standard InChI is InChI=1S/C26H26N4O3S/c1-20-6-12-24(13-7-20)29(2)34(32,33)25-5-3-4-23(16-25)26(31)28-17-21-8-10-22(11-9-21)18-30-15-14-27-19-30/h3-16,19H,17-18H2,1-2H3,(H,28,31). The predicted octanol–water partition coefficient (Wildman–Crippen LogP) is 3.99. The number of imidazole rings is 1. The number of anilines is 1. The Morgan fingerprint density at radius 3 is 2.38 bits per heavy atom. The molecule has 1 heterocycles. The van der Waals surface area contributed by atoms with Crippen LogP contribution >= 0.6 is 0 Å². The van der Waals surface area contributed by atoms with Crippen LogP contribution < -0.4 is 9.62 Å². The van der Waals surface area contributed by atoms with Crippen molar-refractivity contribution in [3.63, 3.8) is 0 Å². The van der Waals surface area contributed by atoms with Gasteiger partial charge in [-0.1, -0.05) is 48.0 Å². The smallest absolute Gasteiger partial charge is 0.264 e. The minimum Gasteiger partial charge on any atom is -0.348 e. The van der Waals surface area contributed by atoms with Crippen LogP contribution in [0.4, 0.5) is 5.69 Å². The molecule has 0 aliphatic rings. The largest absolute Gasteiger partial charge is 0.348 e. The Balaban J connectivity index is 1.42. The molecule has 174 valence electrons. The van der Waals surface area contributed by atoms with Crippen LogP contribution in [0.3, 0.4) is 0 Å². The number of amides is 1. The number of aromatic nitrogens is 2. The number of nitrogens with one attached hydrogen (secondary N) is 1. The van der Waals surface area contributed by atoms with Gasteiger partial charge in [-0.2, -0.15) is 0 Å². The molecule has 1 amide bonds. The number of hydrogen-bond donors (Lipinski definition) is 1. The van der Waals surface area contributed by atoms with E-state index in [-0.39, 0.29) is 16.4 Å². The highest BCUT2D eigenvalue weighted by molar-refractivity contribution is 7.92. The maximum absolute atomic E-state index is 13.1. The van der Waals surface area contributed by atoms with E-state index in [1.54, 1.807) is 36.8 Å². The molecule has 0 unspecified atom stereocenters. The minimum absolute atomic E-state index is 0.0621. The van der Waals surface area contributed by atoms with Crippen LogP contribution in [-0.2, 0) is 23.1 Å². The van der Waals surface area contributed by atoms with Gasteiger partial charge in [0.05, 0.1) is 16.9 Å². The lowest BCUT2D eigenvalue weighted by Crippen LogP contribution is -2.27. The molecule has 34 heavy (non-hydrogen) atoms. The molecule has 0 saturated carbocycles. The Bertz CT molecular complexity index is 1360. The van der Waals surface area contributed by atoms with Gasteiger partial charge in [0.2, 0.25) is 0 Å². The second kappa shape index (κ2) is 9.93. The average molecular weight is 475 g/mol. The lowest BCUT2D eigenvalue weighted by Gasteiger charge is -2.20. The Labute approximate surface area is 199 Å². The van der Waals surface area contributed by atoms with Crippen molar-refractivity contribution < 1.29 is 13.2 Å². The van der Waals surface area contributed by atoms with Crippen LogP contribution in [0.5, 0.6) is 0 Å². The second-order valence-corrected chi connectivity index (χ2v) is 10.0. The number of benzene rings is 3. The van der Waals surface area contributed by atoms with Gasteiger partial charge >= 0.3 is 0 Å². The first-order chi connectivity index (χ1) is 16.3. The van der Waals surface area contributed by atoms with Gasteiger partial charge < -0.3 is 9.88 Å². The molecule has 0 atom stereocenters. The first kappa shape index (κ1) is 23.3. The lowest BCUT2D eigenvalue weighted by molar-refractivity contribution is 0.0950. The van der Waals surface area contributed by atoms with Crippen LogP contribution in [-0.4, -0.2) is 30.9 Å². The summed E-state index contributed by atoms with van der Waals surface area (Å²) in [5, 5.41) is 2.86. The third kappa shape index (κ3) is 5.35. The summed E-state index contributed by atoms with van der Waals surface area (Å²) in [7, 11) is -2.30. The number of carbonyl (C=O) groups is 1. The molecule has 7 nitrogen and oxygen atoms in total. The van der Waals surface area contributed by atoms with Gasteiger partial charge in [0.1, 0.15) is 0 Å². The third-order valence-corrected chi connectivity index (χ3v) is 7.33. The summed E-state index contributed by atoms with van der Waals surface area (Å²) in [5.74, 6) is -0.336. The van der Waals surface area contributed by atoms with E-state index in [1.165, 1.54) is 23.5 Å². The Morgan fingerprint density at radius 1 is 1.00 bits per heavy atom. The number of rotatable bonds is 8. The number of sulfonamides is 1. The Hall–Kier alpha value is -3.91. The molecule has 0 aliphatic heterocycles. The fourth-order valence-electron chi connectivity index (χ4n) is 3.49. The first-order valence-electron chi connectivity index (χ1n) is 10.8. The van der Waals surface area contributed by atoms with E-state index in [0.717, 1.165) is 23.2 Å². The predicted molar refractivity (Wildman–Crippen MR) is 132 cm³/mol. The summed E-state index contributed by atoms with van der Waals surface area (Å²) >= 11 is 0. The SMILES string of the molecule is Cc1ccc(N(C)S(=O)(=O)c2cccc(C(=O)NCc3ccc(Cn4ccnc4)cc3)c2)cc1. The first-order valence-corrected chi connectivity index (χ1v) is 12.2. The Kier molecular flexibility index (Phi) is 6.79. The van der Waals surface area contributed by atoms with Crippen molar-refractivity contribution in [3.8, 4) is 0 Å². The van der Waals surface area contributed by atoms with Gasteiger partial charge in [-0.15, -0.1) is 0 Å². The molecule has 1 N–H and O–H groups in total. The van der Waals surface area contributed by atoms with Crippen molar-refractivity contribution in [1.82, 2.24) is 14.9 Å². The van der Waals surface area contributed by atoms with E-state index < -0.39 is 10.0 Å². The van der Waals surface area contributed by atoms with Crippen LogP contribution in [0.1, 0.15) is 27.0 Å². The monoisotopic (exact) mass is 474 g/mol. The van der Waals surface area contributed by atoms with Crippen molar-refractivity contribution in [3.05, 3.63) is 114 Å². The molecule has 8 heteroatoms. The normalized spacial score (nSPS) is 11.2. The fraction of sp³-hybridized carbons (Fsp3) is 0.154. The molecule has 3 aromatic carbocycles. The van der Waals surface area contributed by atoms with Gasteiger partial charge in [-0.3, -0.25) is 9.10 Å². The highest BCUT2D eigenvalue weighted by Gasteiger charge is 2.22. The number of carbonyl (C=O) groups excluding carboxylic acids is 1. The zero-order valence-corrected chi connectivity index (χ0v) is 19.9. The summed E-state index contributed by atoms with van der Waals surface area (Å²) in [6.45, 7) is 3.01. The highest BCUT2D eigenvalue weighted by atomic mass is 32.2. The number of aryl methyl sites for hydroxylation is 1. The minimum atomic E-state index is -3.81. The molecule has 1 aromatic heterocycles. The molecule has 0 spiro atoms. The summed E-state index contributed by atoms with van der Waals surface area (Å²) in [6.07, 6.45) is 5.41. The summed E-state index contributed by atoms with van der Waals surface area (Å²) in [6, 6.07) is 21.3. The van der Waals surface area contributed by atoms with Crippen molar-refractivity contribution in [2.24, 2.45) is 0 Å². The molecular formula is C26H26N4O3S. The van der Waals surface area contributed by atoms with Crippen molar-refractivity contribution in [2.45, 2.75) is 24.9 Å². The van der Waals surface area contributed by atoms with E-state index >= 15 is 0 Å². The maximum atomic E-state index is 13.1. The molecule has 0 bridgehead atoms. The molecule has 0 fully saturated rings. The molecule has 4 aromatic rings. The van der Waals surface area contributed by atoms with Crippen molar-refractivity contribution in [2.75, 3.05) is 11.4 Å². The van der Waals surface area contributed by atoms with Gasteiger partial charge in [0, 0.05) is 38.1 Å². The van der Waals surface area contributed by atoms with Gasteiger partial charge in [-0.05, 0) is 48.4 Å². The lowest BCUT2D eigenvalue weighted by atomic mass is 10.1. The third-order valence-electron chi connectivity index (χ3n) is 5.55. The number of nitrogens with zero attached hydrogens (tertiary/aromatic N) is 3. The van der Waals surface area contributed by atoms with Crippen LogP contribution in [0.15, 0.2) is 96.4 Å². The van der Waals surface area contributed by atoms with Crippen LogP contribution in [0.2, 0.25) is 0 Å². The zero-order valence-electron chi connectivity index (χ0n) is 19.0. The Morgan fingerprint density at radius 2 is 1.71 bits per heavy atom. The van der Waals surface area contributed by atoms with E-state index in [9.17, 15) is 13.2 Å². The average Bonchev–Trinajstić information content (AvgIpc) is 3.36. The molecule has 0 aliphatic carbocycles. The summed E-state index contributed by atoms with van der Waals surface area (Å²) in [5.41, 5.74) is 3.96. The van der Waals surface area contributed by atoms with Crippen LogP contribution in [0.25, 0.3) is 0 Å². The fourth-order valence-corrected chi connectivity index (χ4v) is 4.73. The van der Waals surface area contributed by atoms with Crippen molar-refractivity contribution >= 4 is 21.6 Å². The quantitative estimate of drug-likeness (QED) is 0.418. The van der Waals surface area contributed by atoms with Gasteiger partial charge in [0.15, 0.2) is 0 Å². The van der Waals surface area contributed by atoms with E-state index in [4.69, 9.17) is 0 Å². The topological polar surface area (TPSA) is 84.3 Å². The van der Waals surface area contributed by atoms with Gasteiger partial charge in [0.25, 0.3) is 15.9 Å². The van der Waals surface area contributed by atoms with E-state index in [1.807, 2.05) is 54.1 Å². The maximum Gasteiger partial charge on any atom is 0.264 e.